The molecular weight excluding hydrogens is 252 g/mol. The van der Waals surface area contributed by atoms with Gasteiger partial charge in [0, 0.05) is 22.7 Å². The summed E-state index contributed by atoms with van der Waals surface area (Å²) in [5, 5.41) is 0.995. The Kier molecular flexibility index (Phi) is 4.61. The van der Waals surface area contributed by atoms with Gasteiger partial charge in [-0.1, -0.05) is 43.8 Å². The molecule has 2 nitrogen and oxygen atoms in total. The van der Waals surface area contributed by atoms with E-state index in [1.54, 1.807) is 11.8 Å². The van der Waals surface area contributed by atoms with Crippen molar-refractivity contribution in [2.45, 2.75) is 42.7 Å². The van der Waals surface area contributed by atoms with Crippen LogP contribution in [0.2, 0.25) is 0 Å². The monoisotopic (exact) mass is 272 g/mol. The fourth-order valence-corrected chi connectivity index (χ4v) is 2.85. The third-order valence-electron chi connectivity index (χ3n) is 3.05. The molecule has 0 bridgehead atoms. The molecule has 0 aliphatic carbocycles. The quantitative estimate of drug-likeness (QED) is 0.898. The van der Waals surface area contributed by atoms with Gasteiger partial charge in [-0.2, -0.15) is 0 Å². The summed E-state index contributed by atoms with van der Waals surface area (Å²) >= 11 is 1.67. The molecular formula is C16H20N2S. The highest BCUT2D eigenvalue weighted by Gasteiger charge is 2.09. The van der Waals surface area contributed by atoms with Crippen LogP contribution in [-0.2, 0) is 0 Å². The van der Waals surface area contributed by atoms with E-state index in [1.165, 1.54) is 10.5 Å². The van der Waals surface area contributed by atoms with Gasteiger partial charge in [-0.15, -0.1) is 0 Å². The number of hydrogen-bond donors (Lipinski definition) is 1. The lowest BCUT2D eigenvalue weighted by Crippen LogP contribution is -2.07. The molecule has 1 unspecified atom stereocenters. The van der Waals surface area contributed by atoms with Crippen LogP contribution in [0, 0.1) is 0 Å². The minimum Gasteiger partial charge on any atom is -0.324 e. The number of nitrogens with two attached hydrogens (primary N) is 1. The molecule has 1 aromatic heterocycles. The predicted molar refractivity (Wildman–Crippen MR) is 81.5 cm³/mol. The van der Waals surface area contributed by atoms with Gasteiger partial charge < -0.3 is 5.73 Å². The standard InChI is InChI=1S/C16H20N2S/c1-11(2)13-6-8-14(9-7-13)19-16-15(12(3)17)5-4-10-18-16/h4-12H,17H2,1-3H3. The van der Waals surface area contributed by atoms with Crippen molar-refractivity contribution in [2.75, 3.05) is 0 Å². The van der Waals surface area contributed by atoms with Crippen molar-refractivity contribution in [1.82, 2.24) is 4.98 Å². The molecule has 0 spiro atoms. The van der Waals surface area contributed by atoms with Gasteiger partial charge in [-0.3, -0.25) is 0 Å². The Morgan fingerprint density at radius 2 is 1.74 bits per heavy atom. The zero-order valence-electron chi connectivity index (χ0n) is 11.6. The molecule has 0 amide bonds. The molecule has 1 aromatic carbocycles. The van der Waals surface area contributed by atoms with Crippen LogP contribution < -0.4 is 5.73 Å². The van der Waals surface area contributed by atoms with Crippen LogP contribution in [0.1, 0.15) is 43.9 Å². The van der Waals surface area contributed by atoms with Gasteiger partial charge in [-0.25, -0.2) is 4.98 Å². The molecule has 0 saturated carbocycles. The largest absolute Gasteiger partial charge is 0.324 e. The topological polar surface area (TPSA) is 38.9 Å². The first-order chi connectivity index (χ1) is 9.08. The fraction of sp³-hybridized carbons (Fsp3) is 0.312. The maximum atomic E-state index is 5.98. The number of aromatic nitrogens is 1. The number of hydrogen-bond acceptors (Lipinski definition) is 3. The Balaban J connectivity index is 2.21. The van der Waals surface area contributed by atoms with E-state index in [9.17, 15) is 0 Å². The SMILES string of the molecule is CC(C)c1ccc(Sc2ncccc2C(C)N)cc1. The summed E-state index contributed by atoms with van der Waals surface area (Å²) < 4.78 is 0. The minimum absolute atomic E-state index is 0.00568. The number of rotatable bonds is 4. The van der Waals surface area contributed by atoms with Crippen molar-refractivity contribution in [3.63, 3.8) is 0 Å². The summed E-state index contributed by atoms with van der Waals surface area (Å²) in [5.74, 6) is 0.563. The molecule has 3 heteroatoms. The molecule has 0 aliphatic heterocycles. The lowest BCUT2D eigenvalue weighted by molar-refractivity contribution is 0.779. The summed E-state index contributed by atoms with van der Waals surface area (Å²) in [7, 11) is 0. The van der Waals surface area contributed by atoms with Gasteiger partial charge in [0.25, 0.3) is 0 Å². The van der Waals surface area contributed by atoms with Crippen LogP contribution in [0.5, 0.6) is 0 Å². The highest BCUT2D eigenvalue weighted by Crippen LogP contribution is 2.31. The van der Waals surface area contributed by atoms with Gasteiger partial charge in [0.15, 0.2) is 0 Å². The summed E-state index contributed by atoms with van der Waals surface area (Å²) in [4.78, 5) is 5.63. The number of nitrogens with zero attached hydrogens (tertiary/aromatic N) is 1. The Morgan fingerprint density at radius 1 is 1.05 bits per heavy atom. The first-order valence-corrected chi connectivity index (χ1v) is 7.38. The molecule has 1 heterocycles. The van der Waals surface area contributed by atoms with Crippen molar-refractivity contribution >= 4 is 11.8 Å². The molecule has 19 heavy (non-hydrogen) atoms. The zero-order valence-corrected chi connectivity index (χ0v) is 12.4. The maximum Gasteiger partial charge on any atom is 0.105 e. The highest BCUT2D eigenvalue weighted by molar-refractivity contribution is 7.99. The third-order valence-corrected chi connectivity index (χ3v) is 4.09. The van der Waals surface area contributed by atoms with Crippen LogP contribution in [0.15, 0.2) is 52.5 Å². The van der Waals surface area contributed by atoms with Crippen LogP contribution in [-0.4, -0.2) is 4.98 Å². The average molecular weight is 272 g/mol. The van der Waals surface area contributed by atoms with Crippen molar-refractivity contribution < 1.29 is 0 Å². The lowest BCUT2D eigenvalue weighted by Gasteiger charge is -2.11. The van der Waals surface area contributed by atoms with E-state index >= 15 is 0 Å². The van der Waals surface area contributed by atoms with Crippen molar-refractivity contribution in [3.8, 4) is 0 Å². The molecule has 2 N–H and O–H groups in total. The molecule has 2 aromatic rings. The second kappa shape index (κ2) is 6.22. The van der Waals surface area contributed by atoms with Crippen molar-refractivity contribution in [2.24, 2.45) is 5.73 Å². The molecule has 1 atom stereocenters. The van der Waals surface area contributed by atoms with Gasteiger partial charge in [0.1, 0.15) is 5.03 Å². The minimum atomic E-state index is 0.00568. The van der Waals surface area contributed by atoms with E-state index in [-0.39, 0.29) is 6.04 Å². The Labute approximate surface area is 119 Å². The molecule has 0 saturated heterocycles. The van der Waals surface area contributed by atoms with E-state index in [0.717, 1.165) is 10.6 Å². The summed E-state index contributed by atoms with van der Waals surface area (Å²) in [6.07, 6.45) is 1.82. The number of benzene rings is 1. The van der Waals surface area contributed by atoms with E-state index in [0.29, 0.717) is 5.92 Å². The molecule has 0 aliphatic rings. The molecule has 0 fully saturated rings. The Hall–Kier alpha value is -1.32. The second-order valence-electron chi connectivity index (χ2n) is 5.01. The normalized spacial score (nSPS) is 12.7. The van der Waals surface area contributed by atoms with Crippen molar-refractivity contribution in [3.05, 3.63) is 53.7 Å². The van der Waals surface area contributed by atoms with E-state index < -0.39 is 0 Å². The van der Waals surface area contributed by atoms with Gasteiger partial charge >= 0.3 is 0 Å². The first kappa shape index (κ1) is 14.1. The van der Waals surface area contributed by atoms with Crippen LogP contribution in [0.4, 0.5) is 0 Å². The van der Waals surface area contributed by atoms with Gasteiger partial charge in [-0.05, 0) is 36.6 Å². The molecule has 100 valence electrons. The third kappa shape index (κ3) is 3.58. The lowest BCUT2D eigenvalue weighted by atomic mass is 10.0. The first-order valence-electron chi connectivity index (χ1n) is 6.56. The molecule has 2 rings (SSSR count). The maximum absolute atomic E-state index is 5.98. The fourth-order valence-electron chi connectivity index (χ4n) is 1.87. The second-order valence-corrected chi connectivity index (χ2v) is 6.07. The van der Waals surface area contributed by atoms with Crippen LogP contribution in [0.3, 0.4) is 0 Å². The van der Waals surface area contributed by atoms with E-state index in [1.807, 2.05) is 25.3 Å². The van der Waals surface area contributed by atoms with Crippen molar-refractivity contribution in [1.29, 1.82) is 0 Å². The summed E-state index contributed by atoms with van der Waals surface area (Å²) in [5.41, 5.74) is 8.44. The Bertz CT molecular complexity index is 533. The Morgan fingerprint density at radius 3 is 2.32 bits per heavy atom. The summed E-state index contributed by atoms with van der Waals surface area (Å²) in [6.45, 7) is 6.40. The smallest absolute Gasteiger partial charge is 0.105 e. The summed E-state index contributed by atoms with van der Waals surface area (Å²) in [6, 6.07) is 12.7. The number of pyridine rings is 1. The highest BCUT2D eigenvalue weighted by atomic mass is 32.2. The zero-order chi connectivity index (χ0) is 13.8. The van der Waals surface area contributed by atoms with E-state index in [4.69, 9.17) is 5.73 Å². The molecule has 0 radical (unpaired) electrons. The van der Waals surface area contributed by atoms with Crippen LogP contribution >= 0.6 is 11.8 Å². The van der Waals surface area contributed by atoms with Crippen LogP contribution in [0.25, 0.3) is 0 Å². The average Bonchev–Trinajstić information content (AvgIpc) is 2.39. The van der Waals surface area contributed by atoms with Gasteiger partial charge in [0.05, 0.1) is 0 Å². The van der Waals surface area contributed by atoms with E-state index in [2.05, 4.69) is 43.1 Å². The predicted octanol–water partition coefficient (Wildman–Crippen LogP) is 4.38. The van der Waals surface area contributed by atoms with Gasteiger partial charge in [0.2, 0.25) is 0 Å².